The van der Waals surface area contributed by atoms with Gasteiger partial charge in [-0.2, -0.15) is 0 Å². The monoisotopic (exact) mass is 398 g/mol. The largest absolute Gasteiger partial charge is 0.452 e. The molecule has 0 bridgehead atoms. The molecule has 7 heteroatoms. The van der Waals surface area contributed by atoms with Crippen LogP contribution >= 0.6 is 11.8 Å². The van der Waals surface area contributed by atoms with E-state index in [0.717, 1.165) is 16.7 Å². The summed E-state index contributed by atoms with van der Waals surface area (Å²) in [6.07, 6.45) is 0. The summed E-state index contributed by atoms with van der Waals surface area (Å²) in [5, 5.41) is 3.26. The maximum absolute atomic E-state index is 12.4. The van der Waals surface area contributed by atoms with Gasteiger partial charge in [0.05, 0.1) is 5.56 Å². The highest BCUT2D eigenvalue weighted by Gasteiger charge is 2.15. The highest BCUT2D eigenvalue weighted by molar-refractivity contribution is 7.98. The number of ether oxygens (including phenoxy) is 1. The standard InChI is InChI=1S/C21H22N2O4S/c1-14(2)11-22-19(24)12-26-20(25)16-8-4-3-7-15(16)13-28-21-23-17-9-5-6-10-18(17)27-21/h3-10,14H,11-13H2,1-2H3,(H,22,24). The number of fused-ring (bicyclic) bond motifs is 1. The van der Waals surface area contributed by atoms with Crippen LogP contribution in [0.1, 0.15) is 29.8 Å². The molecule has 1 N–H and O–H groups in total. The lowest BCUT2D eigenvalue weighted by atomic mass is 10.1. The molecule has 0 saturated carbocycles. The smallest absolute Gasteiger partial charge is 0.338 e. The van der Waals surface area contributed by atoms with Gasteiger partial charge in [0.2, 0.25) is 0 Å². The number of carbonyl (C=O) groups excluding carboxylic acids is 2. The Hall–Kier alpha value is -2.80. The van der Waals surface area contributed by atoms with E-state index < -0.39 is 5.97 Å². The quantitative estimate of drug-likeness (QED) is 0.455. The van der Waals surface area contributed by atoms with E-state index in [1.165, 1.54) is 11.8 Å². The number of hydrogen-bond acceptors (Lipinski definition) is 6. The molecule has 1 aromatic heterocycles. The second kappa shape index (κ2) is 9.41. The zero-order valence-corrected chi connectivity index (χ0v) is 16.6. The fourth-order valence-electron chi connectivity index (χ4n) is 2.48. The van der Waals surface area contributed by atoms with E-state index in [1.807, 2.05) is 50.2 Å². The van der Waals surface area contributed by atoms with E-state index in [-0.39, 0.29) is 12.5 Å². The van der Waals surface area contributed by atoms with Gasteiger partial charge in [0.25, 0.3) is 11.1 Å². The van der Waals surface area contributed by atoms with Gasteiger partial charge in [-0.1, -0.05) is 55.9 Å². The maximum Gasteiger partial charge on any atom is 0.338 e. The van der Waals surface area contributed by atoms with Gasteiger partial charge in [0, 0.05) is 12.3 Å². The first-order chi connectivity index (χ1) is 13.5. The van der Waals surface area contributed by atoms with Crippen molar-refractivity contribution in [3.63, 3.8) is 0 Å². The van der Waals surface area contributed by atoms with Gasteiger partial charge >= 0.3 is 5.97 Å². The average molecular weight is 398 g/mol. The number of nitrogens with zero attached hydrogens (tertiary/aromatic N) is 1. The van der Waals surface area contributed by atoms with Gasteiger partial charge in [-0.3, -0.25) is 4.79 Å². The minimum absolute atomic E-state index is 0.293. The molecular weight excluding hydrogens is 376 g/mol. The van der Waals surface area contributed by atoms with E-state index in [0.29, 0.717) is 29.0 Å². The minimum Gasteiger partial charge on any atom is -0.452 e. The number of hydrogen-bond donors (Lipinski definition) is 1. The highest BCUT2D eigenvalue weighted by Crippen LogP contribution is 2.27. The molecule has 0 radical (unpaired) electrons. The summed E-state index contributed by atoms with van der Waals surface area (Å²) in [5.74, 6) is 0.00979. The molecule has 0 unspecified atom stereocenters. The summed E-state index contributed by atoms with van der Waals surface area (Å²) in [6, 6.07) is 14.7. The van der Waals surface area contributed by atoms with Gasteiger partial charge in [0.1, 0.15) is 5.52 Å². The Labute approximate surface area is 167 Å². The van der Waals surface area contributed by atoms with Crippen molar-refractivity contribution in [3.8, 4) is 0 Å². The number of aromatic nitrogens is 1. The molecule has 2 aromatic carbocycles. The van der Waals surface area contributed by atoms with Crippen molar-refractivity contribution in [3.05, 3.63) is 59.7 Å². The predicted octanol–water partition coefficient (Wildman–Crippen LogP) is 4.05. The minimum atomic E-state index is -0.520. The number of thioether (sulfide) groups is 1. The van der Waals surface area contributed by atoms with Crippen molar-refractivity contribution in [2.24, 2.45) is 5.92 Å². The van der Waals surface area contributed by atoms with Gasteiger partial charge < -0.3 is 14.5 Å². The number of rotatable bonds is 8. The molecule has 0 aliphatic carbocycles. The maximum atomic E-state index is 12.4. The molecule has 0 fully saturated rings. The third-order valence-electron chi connectivity index (χ3n) is 3.90. The summed E-state index contributed by atoms with van der Waals surface area (Å²) >= 11 is 1.40. The van der Waals surface area contributed by atoms with Crippen LogP contribution in [0.15, 0.2) is 58.2 Å². The molecule has 0 atom stereocenters. The van der Waals surface area contributed by atoms with Crippen molar-refractivity contribution in [2.45, 2.75) is 24.8 Å². The summed E-state index contributed by atoms with van der Waals surface area (Å²) in [5.41, 5.74) is 2.75. The molecule has 0 spiro atoms. The molecule has 1 amide bonds. The number of nitrogens with one attached hydrogen (secondary N) is 1. The number of para-hydroxylation sites is 2. The normalized spacial score (nSPS) is 11.0. The van der Waals surface area contributed by atoms with E-state index >= 15 is 0 Å². The zero-order chi connectivity index (χ0) is 19.9. The van der Waals surface area contributed by atoms with Crippen molar-refractivity contribution in [2.75, 3.05) is 13.2 Å². The fraction of sp³-hybridized carbons (Fsp3) is 0.286. The van der Waals surface area contributed by atoms with Gasteiger partial charge in [0.15, 0.2) is 12.2 Å². The van der Waals surface area contributed by atoms with Gasteiger partial charge in [-0.05, 0) is 29.7 Å². The molecule has 3 aromatic rings. The van der Waals surface area contributed by atoms with Crippen LogP contribution in [0, 0.1) is 5.92 Å². The molecule has 3 rings (SSSR count). The Morgan fingerprint density at radius 3 is 2.68 bits per heavy atom. The number of esters is 1. The van der Waals surface area contributed by atoms with Crippen LogP contribution in [-0.2, 0) is 15.3 Å². The van der Waals surface area contributed by atoms with Crippen molar-refractivity contribution in [1.29, 1.82) is 0 Å². The van der Waals surface area contributed by atoms with Crippen LogP contribution in [0.2, 0.25) is 0 Å². The van der Waals surface area contributed by atoms with E-state index in [4.69, 9.17) is 9.15 Å². The van der Waals surface area contributed by atoms with E-state index in [1.54, 1.807) is 12.1 Å². The Balaban J connectivity index is 1.60. The van der Waals surface area contributed by atoms with Crippen LogP contribution in [0.25, 0.3) is 11.1 Å². The summed E-state index contributed by atoms with van der Waals surface area (Å²) in [4.78, 5) is 28.6. The van der Waals surface area contributed by atoms with Crippen molar-refractivity contribution >= 4 is 34.7 Å². The average Bonchev–Trinajstić information content (AvgIpc) is 3.12. The second-order valence-electron chi connectivity index (χ2n) is 6.67. The van der Waals surface area contributed by atoms with Crippen LogP contribution in [0.3, 0.4) is 0 Å². The Morgan fingerprint density at radius 2 is 1.89 bits per heavy atom. The lowest BCUT2D eigenvalue weighted by molar-refractivity contribution is -0.124. The van der Waals surface area contributed by atoms with Crippen LogP contribution in [-0.4, -0.2) is 30.0 Å². The van der Waals surface area contributed by atoms with Gasteiger partial charge in [-0.15, -0.1) is 0 Å². The Bertz CT molecular complexity index is 935. The van der Waals surface area contributed by atoms with Crippen molar-refractivity contribution in [1.82, 2.24) is 10.3 Å². The molecular formula is C21H22N2O4S. The Morgan fingerprint density at radius 1 is 1.14 bits per heavy atom. The lowest BCUT2D eigenvalue weighted by Crippen LogP contribution is -2.31. The van der Waals surface area contributed by atoms with E-state index in [2.05, 4.69) is 10.3 Å². The summed E-state index contributed by atoms with van der Waals surface area (Å²) < 4.78 is 10.9. The third kappa shape index (κ3) is 5.36. The number of amides is 1. The third-order valence-corrected chi connectivity index (χ3v) is 4.78. The van der Waals surface area contributed by atoms with Gasteiger partial charge in [-0.25, -0.2) is 9.78 Å². The molecule has 0 aliphatic rings. The first kappa shape index (κ1) is 19.9. The topological polar surface area (TPSA) is 81.4 Å². The molecule has 6 nitrogen and oxygen atoms in total. The predicted molar refractivity (Wildman–Crippen MR) is 108 cm³/mol. The zero-order valence-electron chi connectivity index (χ0n) is 15.8. The second-order valence-corrected chi connectivity index (χ2v) is 7.59. The first-order valence-corrected chi connectivity index (χ1v) is 10.0. The fourth-order valence-corrected chi connectivity index (χ4v) is 3.32. The van der Waals surface area contributed by atoms with Crippen LogP contribution in [0.4, 0.5) is 0 Å². The molecule has 146 valence electrons. The molecule has 0 saturated heterocycles. The number of carbonyl (C=O) groups is 2. The summed E-state index contributed by atoms with van der Waals surface area (Å²) in [6.45, 7) is 4.25. The van der Waals surface area contributed by atoms with Crippen LogP contribution in [0.5, 0.6) is 0 Å². The van der Waals surface area contributed by atoms with E-state index in [9.17, 15) is 9.59 Å². The number of benzene rings is 2. The molecule has 0 aliphatic heterocycles. The molecule has 28 heavy (non-hydrogen) atoms. The highest BCUT2D eigenvalue weighted by atomic mass is 32.2. The SMILES string of the molecule is CC(C)CNC(=O)COC(=O)c1ccccc1CSc1nc2ccccc2o1. The van der Waals surface area contributed by atoms with Crippen LogP contribution < -0.4 is 5.32 Å². The summed E-state index contributed by atoms with van der Waals surface area (Å²) in [7, 11) is 0. The number of oxazole rings is 1. The first-order valence-electron chi connectivity index (χ1n) is 9.03. The Kier molecular flexibility index (Phi) is 6.71. The molecule has 1 heterocycles. The lowest BCUT2D eigenvalue weighted by Gasteiger charge is -2.10. The van der Waals surface area contributed by atoms with Crippen molar-refractivity contribution < 1.29 is 18.7 Å².